The van der Waals surface area contributed by atoms with Crippen LogP contribution in [0, 0.1) is 0 Å². The van der Waals surface area contributed by atoms with Crippen molar-refractivity contribution in [2.24, 2.45) is 0 Å². The largest absolute Gasteiger partial charge is 0.373 e. The second kappa shape index (κ2) is 6.06. The zero-order chi connectivity index (χ0) is 17.6. The van der Waals surface area contributed by atoms with Gasteiger partial charge in [-0.2, -0.15) is 9.61 Å². The highest BCUT2D eigenvalue weighted by atomic mass is 16.5. The van der Waals surface area contributed by atoms with E-state index in [1.165, 1.54) is 24.1 Å². The minimum Gasteiger partial charge on any atom is -0.373 e. The van der Waals surface area contributed by atoms with E-state index in [2.05, 4.69) is 56.6 Å². The average molecular weight is 349 g/mol. The molecule has 6 heteroatoms. The zero-order valence-electron chi connectivity index (χ0n) is 15.0. The molecule has 0 spiro atoms. The molecule has 6 nitrogen and oxygen atoms in total. The van der Waals surface area contributed by atoms with Crippen LogP contribution in [0.2, 0.25) is 0 Å². The molecule has 0 N–H and O–H groups in total. The molecule has 26 heavy (non-hydrogen) atoms. The van der Waals surface area contributed by atoms with E-state index < -0.39 is 0 Å². The van der Waals surface area contributed by atoms with Crippen molar-refractivity contribution in [3.8, 4) is 0 Å². The average Bonchev–Trinajstić information content (AvgIpc) is 3.45. The van der Waals surface area contributed by atoms with Crippen LogP contribution in [-0.4, -0.2) is 40.0 Å². The van der Waals surface area contributed by atoms with Gasteiger partial charge in [0.2, 0.25) is 5.65 Å². The molecular formula is C20H23N5O. The summed E-state index contributed by atoms with van der Waals surface area (Å²) < 4.78 is 7.85. The normalized spacial score (nSPS) is 19.8. The molecule has 0 unspecified atom stereocenters. The van der Waals surface area contributed by atoms with Crippen LogP contribution in [0.25, 0.3) is 5.65 Å². The molecule has 0 atom stereocenters. The zero-order valence-corrected chi connectivity index (χ0v) is 15.0. The second-order valence-corrected chi connectivity index (χ2v) is 7.38. The van der Waals surface area contributed by atoms with E-state index in [1.807, 2.05) is 11.6 Å². The van der Waals surface area contributed by atoms with Crippen LogP contribution in [0.1, 0.15) is 42.9 Å². The summed E-state index contributed by atoms with van der Waals surface area (Å²) in [6.07, 6.45) is 6.09. The van der Waals surface area contributed by atoms with Gasteiger partial charge >= 0.3 is 0 Å². The quantitative estimate of drug-likeness (QED) is 0.724. The monoisotopic (exact) mass is 349 g/mol. The van der Waals surface area contributed by atoms with Crippen LogP contribution < -0.4 is 4.90 Å². The minimum atomic E-state index is -0.200. The molecule has 2 fully saturated rings. The molecule has 0 amide bonds. The lowest BCUT2D eigenvalue weighted by molar-refractivity contribution is -0.0346. The SMILES string of the molecule is COC1(c2ccccc2)CCN(c2cc(C3CC3)nn3cnnc23)CC1. The highest BCUT2D eigenvalue weighted by molar-refractivity contribution is 5.69. The molecule has 5 rings (SSSR count). The van der Waals surface area contributed by atoms with Crippen molar-refractivity contribution in [1.29, 1.82) is 0 Å². The Hall–Kier alpha value is -2.47. The van der Waals surface area contributed by atoms with E-state index in [9.17, 15) is 0 Å². The van der Waals surface area contributed by atoms with Crippen molar-refractivity contribution in [1.82, 2.24) is 19.8 Å². The molecule has 1 saturated heterocycles. The molecule has 0 radical (unpaired) electrons. The number of fused-ring (bicyclic) bond motifs is 1. The van der Waals surface area contributed by atoms with Gasteiger partial charge in [0.1, 0.15) is 6.33 Å². The molecular weight excluding hydrogens is 326 g/mol. The minimum absolute atomic E-state index is 0.200. The lowest BCUT2D eigenvalue weighted by atomic mass is 9.84. The molecule has 1 aliphatic heterocycles. The Bertz CT molecular complexity index is 910. The standard InChI is InChI=1S/C20H23N5O/c1-26-20(16-5-3-2-4-6-16)9-11-24(12-10-20)18-13-17(15-7-8-15)23-25-14-21-22-19(18)25/h2-6,13-15H,7-12H2,1H3. The molecule has 134 valence electrons. The van der Waals surface area contributed by atoms with Gasteiger partial charge < -0.3 is 9.64 Å². The summed E-state index contributed by atoms with van der Waals surface area (Å²) in [5.41, 5.74) is 4.23. The van der Waals surface area contributed by atoms with E-state index in [-0.39, 0.29) is 5.60 Å². The van der Waals surface area contributed by atoms with Gasteiger partial charge in [-0.1, -0.05) is 30.3 Å². The first-order chi connectivity index (χ1) is 12.8. The molecule has 1 aromatic carbocycles. The van der Waals surface area contributed by atoms with Crippen LogP contribution in [0.5, 0.6) is 0 Å². The van der Waals surface area contributed by atoms with E-state index in [0.717, 1.165) is 37.3 Å². The number of hydrogen-bond donors (Lipinski definition) is 0. The van der Waals surface area contributed by atoms with Crippen molar-refractivity contribution >= 4 is 11.3 Å². The Balaban J connectivity index is 1.45. The van der Waals surface area contributed by atoms with Crippen LogP contribution >= 0.6 is 0 Å². The van der Waals surface area contributed by atoms with Gasteiger partial charge in [-0.05, 0) is 37.3 Å². The molecule has 1 saturated carbocycles. The van der Waals surface area contributed by atoms with Gasteiger partial charge in [-0.25, -0.2) is 0 Å². The van der Waals surface area contributed by atoms with Crippen LogP contribution in [-0.2, 0) is 10.3 Å². The molecule has 2 aromatic heterocycles. The summed E-state index contributed by atoms with van der Waals surface area (Å²) >= 11 is 0. The fraction of sp³-hybridized carbons (Fsp3) is 0.450. The summed E-state index contributed by atoms with van der Waals surface area (Å²) in [6, 6.07) is 12.8. The first-order valence-electron chi connectivity index (χ1n) is 9.36. The lowest BCUT2D eigenvalue weighted by Crippen LogP contribution is -2.44. The highest BCUT2D eigenvalue weighted by Gasteiger charge is 2.37. The Morgan fingerprint density at radius 2 is 1.88 bits per heavy atom. The number of ether oxygens (including phenoxy) is 1. The summed E-state index contributed by atoms with van der Waals surface area (Å²) in [6.45, 7) is 1.86. The van der Waals surface area contributed by atoms with Gasteiger partial charge in [-0.15, -0.1) is 10.2 Å². The Kier molecular flexibility index (Phi) is 3.67. The third-order valence-electron chi connectivity index (χ3n) is 5.87. The number of piperidine rings is 1. The maximum absolute atomic E-state index is 6.02. The molecule has 3 aromatic rings. The summed E-state index contributed by atoms with van der Waals surface area (Å²) in [5.74, 6) is 0.604. The van der Waals surface area contributed by atoms with E-state index in [4.69, 9.17) is 4.74 Å². The van der Waals surface area contributed by atoms with E-state index >= 15 is 0 Å². The fourth-order valence-corrected chi connectivity index (χ4v) is 4.10. The van der Waals surface area contributed by atoms with Crippen LogP contribution in [0.4, 0.5) is 5.69 Å². The van der Waals surface area contributed by atoms with Gasteiger partial charge in [0.25, 0.3) is 0 Å². The number of hydrogen-bond acceptors (Lipinski definition) is 5. The molecule has 1 aliphatic carbocycles. The number of aromatic nitrogens is 4. The molecule has 0 bridgehead atoms. The fourth-order valence-electron chi connectivity index (χ4n) is 4.10. The third kappa shape index (κ3) is 2.56. The number of nitrogens with zero attached hydrogens (tertiary/aromatic N) is 5. The first-order valence-corrected chi connectivity index (χ1v) is 9.36. The topological polar surface area (TPSA) is 55.5 Å². The number of benzene rings is 1. The summed E-state index contributed by atoms with van der Waals surface area (Å²) in [5, 5.41) is 13.1. The molecule has 3 heterocycles. The van der Waals surface area contributed by atoms with E-state index in [1.54, 1.807) is 6.33 Å². The van der Waals surface area contributed by atoms with Crippen LogP contribution in [0.15, 0.2) is 42.7 Å². The van der Waals surface area contributed by atoms with Gasteiger partial charge in [-0.3, -0.25) is 0 Å². The number of methoxy groups -OCH3 is 1. The smallest absolute Gasteiger partial charge is 0.200 e. The second-order valence-electron chi connectivity index (χ2n) is 7.38. The number of anilines is 1. The van der Waals surface area contributed by atoms with Crippen LogP contribution in [0.3, 0.4) is 0 Å². The summed E-state index contributed by atoms with van der Waals surface area (Å²) in [4.78, 5) is 2.41. The maximum atomic E-state index is 6.02. The van der Waals surface area contributed by atoms with Gasteiger partial charge in [0.05, 0.1) is 17.0 Å². The Morgan fingerprint density at radius 1 is 1.12 bits per heavy atom. The molecule has 2 aliphatic rings. The predicted molar refractivity (Wildman–Crippen MR) is 99.3 cm³/mol. The van der Waals surface area contributed by atoms with Gasteiger partial charge in [0.15, 0.2) is 0 Å². The van der Waals surface area contributed by atoms with Crippen molar-refractivity contribution in [2.75, 3.05) is 25.1 Å². The van der Waals surface area contributed by atoms with Gasteiger partial charge in [0, 0.05) is 26.1 Å². The Morgan fingerprint density at radius 3 is 2.58 bits per heavy atom. The maximum Gasteiger partial charge on any atom is 0.200 e. The van der Waals surface area contributed by atoms with Crippen molar-refractivity contribution < 1.29 is 4.74 Å². The predicted octanol–water partition coefficient (Wildman–Crippen LogP) is 3.14. The van der Waals surface area contributed by atoms with Crippen molar-refractivity contribution in [3.05, 3.63) is 54.0 Å². The first kappa shape index (κ1) is 15.8. The van der Waals surface area contributed by atoms with E-state index in [0.29, 0.717) is 5.92 Å². The Labute approximate surface area is 152 Å². The van der Waals surface area contributed by atoms with Crippen molar-refractivity contribution in [2.45, 2.75) is 37.2 Å². The highest BCUT2D eigenvalue weighted by Crippen LogP contribution is 2.42. The lowest BCUT2D eigenvalue weighted by Gasteiger charge is -2.42. The third-order valence-corrected chi connectivity index (χ3v) is 5.87. The summed E-state index contributed by atoms with van der Waals surface area (Å²) in [7, 11) is 1.83. The van der Waals surface area contributed by atoms with Crippen molar-refractivity contribution in [3.63, 3.8) is 0 Å². The number of rotatable bonds is 4.